The third-order valence-corrected chi connectivity index (χ3v) is 4.51. The van der Waals surface area contributed by atoms with Crippen LogP contribution in [-0.2, 0) is 4.79 Å². The van der Waals surface area contributed by atoms with Crippen LogP contribution < -0.4 is 15.8 Å². The van der Waals surface area contributed by atoms with Gasteiger partial charge in [-0.15, -0.1) is 0 Å². The summed E-state index contributed by atoms with van der Waals surface area (Å²) in [5.74, 6) is 1.16. The van der Waals surface area contributed by atoms with Crippen molar-refractivity contribution in [2.24, 2.45) is 17.6 Å². The minimum Gasteiger partial charge on any atom is -0.495 e. The second-order valence-electron chi connectivity index (χ2n) is 5.95. The van der Waals surface area contributed by atoms with Crippen molar-refractivity contribution in [1.82, 2.24) is 0 Å². The molecule has 0 bridgehead atoms. The zero-order valence-electron chi connectivity index (χ0n) is 12.5. The largest absolute Gasteiger partial charge is 0.495 e. The third kappa shape index (κ3) is 2.60. The van der Waals surface area contributed by atoms with Crippen LogP contribution in [0.3, 0.4) is 0 Å². The second kappa shape index (κ2) is 5.73. The molecule has 2 rings (SSSR count). The van der Waals surface area contributed by atoms with Crippen molar-refractivity contribution in [3.63, 3.8) is 0 Å². The number of carbonyl (C=O) groups is 1. The minimum atomic E-state index is -0.688. The number of hydrogen-bond acceptors (Lipinski definition) is 3. The van der Waals surface area contributed by atoms with Gasteiger partial charge in [-0.2, -0.15) is 0 Å². The van der Waals surface area contributed by atoms with Gasteiger partial charge >= 0.3 is 0 Å². The molecule has 110 valence electrons. The molecule has 1 aromatic rings. The Balaban J connectivity index is 2.36. The van der Waals surface area contributed by atoms with Crippen LogP contribution >= 0.6 is 0 Å². The summed E-state index contributed by atoms with van der Waals surface area (Å²) in [5.41, 5.74) is 5.89. The molecular formula is C16H24N2O2. The molecule has 3 unspecified atom stereocenters. The Kier molecular flexibility index (Phi) is 4.21. The first kappa shape index (κ1) is 14.7. The average Bonchev–Trinajstić information content (AvgIpc) is 2.43. The van der Waals surface area contributed by atoms with Gasteiger partial charge in [-0.1, -0.05) is 32.4 Å². The molecule has 0 saturated heterocycles. The highest BCUT2D eigenvalue weighted by Crippen LogP contribution is 2.40. The van der Waals surface area contributed by atoms with E-state index in [0.717, 1.165) is 30.7 Å². The van der Waals surface area contributed by atoms with Crippen molar-refractivity contribution in [1.29, 1.82) is 0 Å². The first-order valence-electron chi connectivity index (χ1n) is 7.20. The summed E-state index contributed by atoms with van der Waals surface area (Å²) in [6, 6.07) is 7.65. The Bertz CT molecular complexity index is 489. The first-order chi connectivity index (χ1) is 9.49. The molecule has 0 aliphatic heterocycles. The summed E-state index contributed by atoms with van der Waals surface area (Å²) in [6.07, 6.45) is 2.91. The number of nitrogens with two attached hydrogens (primary N) is 1. The molecule has 1 aromatic carbocycles. The van der Waals surface area contributed by atoms with Gasteiger partial charge in [0.1, 0.15) is 11.3 Å². The molecule has 1 fully saturated rings. The van der Waals surface area contributed by atoms with E-state index < -0.39 is 5.54 Å². The zero-order valence-corrected chi connectivity index (χ0v) is 12.5. The monoisotopic (exact) mass is 276 g/mol. The quantitative estimate of drug-likeness (QED) is 0.888. The van der Waals surface area contributed by atoms with Crippen molar-refractivity contribution in [3.8, 4) is 5.75 Å². The number of primary amides is 1. The van der Waals surface area contributed by atoms with E-state index >= 15 is 0 Å². The molecule has 0 aromatic heterocycles. The number of nitrogens with one attached hydrogen (secondary N) is 1. The van der Waals surface area contributed by atoms with Gasteiger partial charge in [-0.25, -0.2) is 0 Å². The summed E-state index contributed by atoms with van der Waals surface area (Å²) in [5, 5.41) is 3.39. The van der Waals surface area contributed by atoms with Crippen LogP contribution in [0.2, 0.25) is 0 Å². The molecule has 3 N–H and O–H groups in total. The van der Waals surface area contributed by atoms with Gasteiger partial charge in [0.2, 0.25) is 5.91 Å². The maximum atomic E-state index is 12.2. The van der Waals surface area contributed by atoms with Gasteiger partial charge in [-0.3, -0.25) is 4.79 Å². The van der Waals surface area contributed by atoms with Crippen LogP contribution in [0, 0.1) is 11.8 Å². The van der Waals surface area contributed by atoms with Crippen LogP contribution in [0.4, 0.5) is 5.69 Å². The van der Waals surface area contributed by atoms with E-state index in [9.17, 15) is 4.79 Å². The highest BCUT2D eigenvalue weighted by molar-refractivity contribution is 5.89. The molecule has 4 heteroatoms. The van der Waals surface area contributed by atoms with E-state index in [2.05, 4.69) is 19.2 Å². The standard InChI is InChI=1S/C16H24N2O2/c1-11-8-9-12(2)16(10-11,15(17)19)18-13-6-4-5-7-14(13)20-3/h4-7,11-12,18H,8-10H2,1-3H3,(H2,17,19). The van der Waals surface area contributed by atoms with Crippen LogP contribution in [0.15, 0.2) is 24.3 Å². The maximum absolute atomic E-state index is 12.2. The minimum absolute atomic E-state index is 0.209. The lowest BCUT2D eigenvalue weighted by atomic mass is 9.69. The summed E-state index contributed by atoms with van der Waals surface area (Å²) < 4.78 is 5.36. The topological polar surface area (TPSA) is 64.3 Å². The number of methoxy groups -OCH3 is 1. The predicted octanol–water partition coefficient (Wildman–Crippen LogP) is 2.79. The number of hydrogen-bond donors (Lipinski definition) is 2. The molecule has 20 heavy (non-hydrogen) atoms. The van der Waals surface area contributed by atoms with E-state index in [1.165, 1.54) is 0 Å². The highest BCUT2D eigenvalue weighted by atomic mass is 16.5. The van der Waals surface area contributed by atoms with Gasteiger partial charge in [0, 0.05) is 0 Å². The lowest BCUT2D eigenvalue weighted by Gasteiger charge is -2.44. The molecule has 1 aliphatic rings. The van der Waals surface area contributed by atoms with E-state index in [4.69, 9.17) is 10.5 Å². The maximum Gasteiger partial charge on any atom is 0.243 e. The van der Waals surface area contributed by atoms with E-state index in [1.807, 2.05) is 24.3 Å². The molecule has 0 heterocycles. The fourth-order valence-electron chi connectivity index (χ4n) is 3.20. The van der Waals surface area contributed by atoms with Crippen molar-refractivity contribution in [3.05, 3.63) is 24.3 Å². The Morgan fingerprint density at radius 3 is 2.70 bits per heavy atom. The molecule has 1 amide bonds. The van der Waals surface area contributed by atoms with Crippen molar-refractivity contribution < 1.29 is 9.53 Å². The Labute approximate surface area is 120 Å². The van der Waals surface area contributed by atoms with Crippen molar-refractivity contribution in [2.45, 2.75) is 38.6 Å². The number of para-hydroxylation sites is 2. The molecule has 1 saturated carbocycles. The van der Waals surface area contributed by atoms with Gasteiger partial charge < -0.3 is 15.8 Å². The van der Waals surface area contributed by atoms with E-state index in [0.29, 0.717) is 5.92 Å². The molecule has 4 nitrogen and oxygen atoms in total. The van der Waals surface area contributed by atoms with Crippen LogP contribution in [-0.4, -0.2) is 18.6 Å². The fourth-order valence-corrected chi connectivity index (χ4v) is 3.20. The molecule has 1 aliphatic carbocycles. The number of rotatable bonds is 4. The molecular weight excluding hydrogens is 252 g/mol. The summed E-state index contributed by atoms with van der Waals surface area (Å²) in [7, 11) is 1.63. The number of carbonyl (C=O) groups excluding carboxylic acids is 1. The Morgan fingerprint density at radius 2 is 2.05 bits per heavy atom. The van der Waals surface area contributed by atoms with Crippen molar-refractivity contribution >= 4 is 11.6 Å². The number of benzene rings is 1. The SMILES string of the molecule is COc1ccccc1NC1(C(N)=O)CC(C)CCC1C. The normalized spacial score (nSPS) is 29.8. The van der Waals surface area contributed by atoms with Gasteiger partial charge in [0.05, 0.1) is 12.8 Å². The highest BCUT2D eigenvalue weighted by Gasteiger charge is 2.45. The lowest BCUT2D eigenvalue weighted by molar-refractivity contribution is -0.125. The number of ether oxygens (including phenoxy) is 1. The number of anilines is 1. The zero-order chi connectivity index (χ0) is 14.8. The molecule has 0 radical (unpaired) electrons. The van der Waals surface area contributed by atoms with Crippen LogP contribution in [0.25, 0.3) is 0 Å². The van der Waals surface area contributed by atoms with Crippen LogP contribution in [0.5, 0.6) is 5.75 Å². The summed E-state index contributed by atoms with van der Waals surface area (Å²) in [4.78, 5) is 12.2. The first-order valence-corrected chi connectivity index (χ1v) is 7.20. The van der Waals surface area contributed by atoms with E-state index in [-0.39, 0.29) is 11.8 Å². The van der Waals surface area contributed by atoms with Gasteiger partial charge in [0.15, 0.2) is 0 Å². The van der Waals surface area contributed by atoms with Gasteiger partial charge in [-0.05, 0) is 36.8 Å². The Hall–Kier alpha value is -1.71. The predicted molar refractivity (Wildman–Crippen MR) is 80.7 cm³/mol. The average molecular weight is 276 g/mol. The summed E-state index contributed by atoms with van der Waals surface area (Å²) in [6.45, 7) is 4.27. The molecule has 3 atom stereocenters. The lowest BCUT2D eigenvalue weighted by Crippen LogP contribution is -2.57. The number of amides is 1. The summed E-state index contributed by atoms with van der Waals surface area (Å²) >= 11 is 0. The van der Waals surface area contributed by atoms with Gasteiger partial charge in [0.25, 0.3) is 0 Å². The Morgan fingerprint density at radius 1 is 1.35 bits per heavy atom. The fraction of sp³-hybridized carbons (Fsp3) is 0.562. The van der Waals surface area contributed by atoms with Crippen molar-refractivity contribution in [2.75, 3.05) is 12.4 Å². The second-order valence-corrected chi connectivity index (χ2v) is 5.95. The van der Waals surface area contributed by atoms with E-state index in [1.54, 1.807) is 7.11 Å². The van der Waals surface area contributed by atoms with Crippen LogP contribution in [0.1, 0.15) is 33.1 Å². The smallest absolute Gasteiger partial charge is 0.243 e. The third-order valence-electron chi connectivity index (χ3n) is 4.51. The molecule has 0 spiro atoms.